The maximum atomic E-state index is 13.2. The van der Waals surface area contributed by atoms with Crippen molar-refractivity contribution >= 4 is 39.1 Å². The fraction of sp³-hybridized carbons (Fsp3) is 0.389. The Bertz CT molecular complexity index is 930. The molecule has 2 saturated heterocycles. The first-order chi connectivity index (χ1) is 12.3. The molecule has 2 aliphatic rings. The molecule has 1 aromatic heterocycles. The van der Waals surface area contributed by atoms with E-state index in [0.29, 0.717) is 30.2 Å². The summed E-state index contributed by atoms with van der Waals surface area (Å²) in [6.07, 6.45) is 0. The van der Waals surface area contributed by atoms with E-state index < -0.39 is 5.54 Å². The standard InChI is InChI=1S/C18H20N4O3S/c1-20(2)16(24)14-13(11-6-4-5-7-12(11)26-14)15(23)22-8-18(9-22)17(25)19-10-21(18)3/h4-7H,8-10H2,1-3H3,(H,19,25). The van der Waals surface area contributed by atoms with Crippen LogP contribution in [-0.4, -0.2) is 78.9 Å². The Morgan fingerprint density at radius 2 is 1.92 bits per heavy atom. The number of amides is 3. The smallest absolute Gasteiger partial charge is 0.264 e. The number of nitrogens with one attached hydrogen (secondary N) is 1. The molecule has 1 N–H and O–H groups in total. The molecule has 7 nitrogen and oxygen atoms in total. The zero-order chi connectivity index (χ0) is 18.6. The lowest BCUT2D eigenvalue weighted by molar-refractivity contribution is -0.133. The quantitative estimate of drug-likeness (QED) is 0.847. The predicted octanol–water partition coefficient (Wildman–Crippen LogP) is 0.817. The second-order valence-corrected chi connectivity index (χ2v) is 8.11. The third-order valence-electron chi connectivity index (χ3n) is 5.23. The van der Waals surface area contributed by atoms with Crippen LogP contribution in [0.2, 0.25) is 0 Å². The minimum Gasteiger partial charge on any atom is -0.344 e. The molecular formula is C18H20N4O3S. The minimum atomic E-state index is -0.632. The van der Waals surface area contributed by atoms with Crippen LogP contribution < -0.4 is 5.32 Å². The highest BCUT2D eigenvalue weighted by Crippen LogP contribution is 2.36. The van der Waals surface area contributed by atoms with Crippen molar-refractivity contribution in [1.82, 2.24) is 20.0 Å². The molecular weight excluding hydrogens is 352 g/mol. The van der Waals surface area contributed by atoms with Gasteiger partial charge in [-0.2, -0.15) is 0 Å². The Morgan fingerprint density at radius 3 is 2.54 bits per heavy atom. The average molecular weight is 372 g/mol. The third kappa shape index (κ3) is 2.25. The van der Waals surface area contributed by atoms with E-state index in [0.717, 1.165) is 10.1 Å². The first kappa shape index (κ1) is 17.0. The normalized spacial score (nSPS) is 18.9. The van der Waals surface area contributed by atoms with Gasteiger partial charge < -0.3 is 15.1 Å². The molecule has 0 saturated carbocycles. The fourth-order valence-corrected chi connectivity index (χ4v) is 4.78. The molecule has 2 aromatic rings. The maximum absolute atomic E-state index is 13.2. The molecule has 26 heavy (non-hydrogen) atoms. The summed E-state index contributed by atoms with van der Waals surface area (Å²) in [4.78, 5) is 43.5. The number of nitrogens with zero attached hydrogens (tertiary/aromatic N) is 3. The Labute approximate surface area is 155 Å². The van der Waals surface area contributed by atoms with Gasteiger partial charge in [0.15, 0.2) is 0 Å². The Morgan fingerprint density at radius 1 is 1.23 bits per heavy atom. The average Bonchev–Trinajstić information content (AvgIpc) is 3.10. The topological polar surface area (TPSA) is 73.0 Å². The summed E-state index contributed by atoms with van der Waals surface area (Å²) in [5.41, 5.74) is -0.187. The summed E-state index contributed by atoms with van der Waals surface area (Å²) in [6, 6.07) is 7.55. The highest BCUT2D eigenvalue weighted by Gasteiger charge is 2.57. The van der Waals surface area contributed by atoms with Crippen LogP contribution in [0.15, 0.2) is 24.3 Å². The van der Waals surface area contributed by atoms with E-state index in [9.17, 15) is 14.4 Å². The van der Waals surface area contributed by atoms with Crippen molar-refractivity contribution in [1.29, 1.82) is 0 Å². The maximum Gasteiger partial charge on any atom is 0.264 e. The van der Waals surface area contributed by atoms with Gasteiger partial charge in [-0.25, -0.2) is 0 Å². The van der Waals surface area contributed by atoms with Gasteiger partial charge in [-0.15, -0.1) is 11.3 Å². The van der Waals surface area contributed by atoms with Gasteiger partial charge in [0.05, 0.1) is 25.3 Å². The van der Waals surface area contributed by atoms with Crippen LogP contribution in [0.25, 0.3) is 10.1 Å². The van der Waals surface area contributed by atoms with Crippen molar-refractivity contribution in [2.45, 2.75) is 5.54 Å². The molecule has 2 fully saturated rings. The van der Waals surface area contributed by atoms with Crippen LogP contribution in [-0.2, 0) is 4.79 Å². The van der Waals surface area contributed by atoms with E-state index in [1.165, 1.54) is 16.2 Å². The van der Waals surface area contributed by atoms with Gasteiger partial charge >= 0.3 is 0 Å². The molecule has 0 atom stereocenters. The molecule has 3 amide bonds. The summed E-state index contributed by atoms with van der Waals surface area (Å²) >= 11 is 1.34. The largest absolute Gasteiger partial charge is 0.344 e. The van der Waals surface area contributed by atoms with Crippen molar-refractivity contribution in [2.24, 2.45) is 0 Å². The Hall–Kier alpha value is -2.45. The lowest BCUT2D eigenvalue weighted by Gasteiger charge is -2.49. The SMILES string of the molecule is CN(C)C(=O)c1sc2ccccc2c1C(=O)N1CC2(C1)C(=O)NCN2C. The van der Waals surface area contributed by atoms with Crippen LogP contribution in [0.4, 0.5) is 0 Å². The van der Waals surface area contributed by atoms with E-state index in [-0.39, 0.29) is 17.7 Å². The molecule has 4 rings (SSSR count). The second kappa shape index (κ2) is 5.78. The van der Waals surface area contributed by atoms with Crippen molar-refractivity contribution in [3.8, 4) is 0 Å². The van der Waals surface area contributed by atoms with E-state index in [1.54, 1.807) is 19.0 Å². The van der Waals surface area contributed by atoms with E-state index in [4.69, 9.17) is 0 Å². The van der Waals surface area contributed by atoms with Crippen molar-refractivity contribution in [3.63, 3.8) is 0 Å². The van der Waals surface area contributed by atoms with Crippen molar-refractivity contribution in [2.75, 3.05) is 40.9 Å². The molecule has 2 aliphatic heterocycles. The Balaban J connectivity index is 1.71. The summed E-state index contributed by atoms with van der Waals surface area (Å²) in [5.74, 6) is -0.407. The summed E-state index contributed by atoms with van der Waals surface area (Å²) in [7, 11) is 5.23. The number of likely N-dealkylation sites (tertiary alicyclic amines) is 1. The molecule has 1 spiro atoms. The van der Waals surface area contributed by atoms with Crippen molar-refractivity contribution in [3.05, 3.63) is 34.7 Å². The highest BCUT2D eigenvalue weighted by atomic mass is 32.1. The van der Waals surface area contributed by atoms with Gasteiger partial charge in [-0.3, -0.25) is 19.3 Å². The highest BCUT2D eigenvalue weighted by molar-refractivity contribution is 7.21. The van der Waals surface area contributed by atoms with Gasteiger partial charge in [0.1, 0.15) is 10.4 Å². The van der Waals surface area contributed by atoms with Crippen LogP contribution in [0.3, 0.4) is 0 Å². The predicted molar refractivity (Wildman–Crippen MR) is 99.2 cm³/mol. The molecule has 0 radical (unpaired) electrons. The molecule has 1 aromatic carbocycles. The summed E-state index contributed by atoms with van der Waals surface area (Å²) in [6.45, 7) is 1.18. The number of fused-ring (bicyclic) bond motifs is 1. The van der Waals surface area contributed by atoms with Crippen LogP contribution in [0.1, 0.15) is 20.0 Å². The number of benzene rings is 1. The monoisotopic (exact) mass is 372 g/mol. The van der Waals surface area contributed by atoms with Gasteiger partial charge in [0.25, 0.3) is 11.8 Å². The number of hydrogen-bond donors (Lipinski definition) is 1. The second-order valence-electron chi connectivity index (χ2n) is 7.06. The van der Waals surface area contributed by atoms with Gasteiger partial charge in [0, 0.05) is 24.2 Å². The number of carbonyl (C=O) groups is 3. The first-order valence-electron chi connectivity index (χ1n) is 8.37. The van der Waals surface area contributed by atoms with Gasteiger partial charge in [-0.05, 0) is 13.1 Å². The van der Waals surface area contributed by atoms with Crippen LogP contribution in [0, 0.1) is 0 Å². The summed E-state index contributed by atoms with van der Waals surface area (Å²) in [5, 5.41) is 3.61. The zero-order valence-electron chi connectivity index (χ0n) is 14.9. The number of likely N-dealkylation sites (N-methyl/N-ethyl adjacent to an activating group) is 1. The van der Waals surface area contributed by atoms with E-state index in [2.05, 4.69) is 5.32 Å². The van der Waals surface area contributed by atoms with Gasteiger partial charge in [0.2, 0.25) is 5.91 Å². The lowest BCUT2D eigenvalue weighted by atomic mass is 9.87. The first-order valence-corrected chi connectivity index (χ1v) is 9.19. The Kier molecular flexibility index (Phi) is 3.78. The van der Waals surface area contributed by atoms with Crippen LogP contribution >= 0.6 is 11.3 Å². The minimum absolute atomic E-state index is 0.0381. The van der Waals surface area contributed by atoms with Crippen LogP contribution in [0.5, 0.6) is 0 Å². The molecule has 0 bridgehead atoms. The summed E-state index contributed by atoms with van der Waals surface area (Å²) < 4.78 is 0.909. The van der Waals surface area contributed by atoms with E-state index in [1.807, 2.05) is 36.2 Å². The third-order valence-corrected chi connectivity index (χ3v) is 6.39. The molecule has 136 valence electrons. The number of rotatable bonds is 2. The van der Waals surface area contributed by atoms with Crippen molar-refractivity contribution < 1.29 is 14.4 Å². The number of hydrogen-bond acceptors (Lipinski definition) is 5. The molecule has 8 heteroatoms. The molecule has 3 heterocycles. The fourth-order valence-electron chi connectivity index (χ4n) is 3.56. The lowest BCUT2D eigenvalue weighted by Crippen LogP contribution is -2.71. The molecule has 0 unspecified atom stereocenters. The number of thiophene rings is 1. The zero-order valence-corrected chi connectivity index (χ0v) is 15.7. The van der Waals surface area contributed by atoms with E-state index >= 15 is 0 Å². The number of carbonyl (C=O) groups excluding carboxylic acids is 3. The molecule has 0 aliphatic carbocycles. The van der Waals surface area contributed by atoms with Gasteiger partial charge in [-0.1, -0.05) is 18.2 Å².